The average molecular weight is 679 g/mol. The lowest BCUT2D eigenvalue weighted by atomic mass is 9.66. The van der Waals surface area contributed by atoms with E-state index < -0.39 is 17.4 Å². The Bertz CT molecular complexity index is 2250. The number of aliphatic hydroxyl groups excluding tert-OH is 2. The van der Waals surface area contributed by atoms with Crippen molar-refractivity contribution in [1.82, 2.24) is 0 Å². The first-order valence-electron chi connectivity index (χ1n) is 16.4. The molecule has 6 aromatic rings. The fourth-order valence-corrected chi connectivity index (χ4v) is 7.00. The van der Waals surface area contributed by atoms with E-state index in [0.29, 0.717) is 17.1 Å². The predicted molar refractivity (Wildman–Crippen MR) is 196 cm³/mol. The highest BCUT2D eigenvalue weighted by Crippen LogP contribution is 2.61. The van der Waals surface area contributed by atoms with Crippen molar-refractivity contribution in [1.29, 1.82) is 0 Å². The van der Waals surface area contributed by atoms with Crippen LogP contribution in [0.1, 0.15) is 22.3 Å². The quantitative estimate of drug-likeness (QED) is 0.0788. The summed E-state index contributed by atoms with van der Waals surface area (Å²) in [6.07, 6.45) is 2.12. The van der Waals surface area contributed by atoms with Crippen LogP contribution in [-0.2, 0) is 15.0 Å². The molecule has 7 rings (SSSR count). The number of benzene rings is 6. The summed E-state index contributed by atoms with van der Waals surface area (Å²) < 4.78 is 23.2. The molecule has 0 radical (unpaired) electrons. The van der Waals surface area contributed by atoms with Crippen LogP contribution in [0.25, 0.3) is 32.7 Å². The Kier molecular flexibility index (Phi) is 9.11. The molecule has 0 saturated heterocycles. The minimum absolute atomic E-state index is 0.0592. The van der Waals surface area contributed by atoms with Gasteiger partial charge in [0, 0.05) is 17.7 Å². The van der Waals surface area contributed by atoms with Gasteiger partial charge in [0.15, 0.2) is 11.5 Å². The van der Waals surface area contributed by atoms with E-state index in [2.05, 4.69) is 31.4 Å². The molecule has 0 aromatic heterocycles. The van der Waals surface area contributed by atoms with Crippen molar-refractivity contribution >= 4 is 33.5 Å². The summed E-state index contributed by atoms with van der Waals surface area (Å²) in [6.45, 7) is 7.36. The summed E-state index contributed by atoms with van der Waals surface area (Å²) in [6, 6.07) is 35.4. The van der Waals surface area contributed by atoms with Gasteiger partial charge < -0.3 is 29.2 Å². The van der Waals surface area contributed by atoms with Gasteiger partial charge in [-0.3, -0.25) is 0 Å². The Balaban J connectivity index is 1.57. The van der Waals surface area contributed by atoms with Gasteiger partial charge in [-0.15, -0.1) is 0 Å². The molecule has 0 saturated carbocycles. The Morgan fingerprint density at radius 2 is 1.14 bits per heavy atom. The summed E-state index contributed by atoms with van der Waals surface area (Å²) in [5.41, 5.74) is 3.94. The van der Waals surface area contributed by atoms with Crippen molar-refractivity contribution in [2.75, 3.05) is 26.4 Å². The first-order valence-corrected chi connectivity index (χ1v) is 16.4. The van der Waals surface area contributed by atoms with Crippen LogP contribution in [0.3, 0.4) is 0 Å². The summed E-state index contributed by atoms with van der Waals surface area (Å²) >= 11 is 0. The third kappa shape index (κ3) is 5.90. The van der Waals surface area contributed by atoms with Crippen molar-refractivity contribution in [2.45, 2.75) is 5.41 Å². The molecule has 1 aliphatic rings. The van der Waals surface area contributed by atoms with Gasteiger partial charge in [0.1, 0.15) is 24.7 Å². The van der Waals surface area contributed by atoms with E-state index in [9.17, 15) is 19.8 Å². The van der Waals surface area contributed by atoms with E-state index in [4.69, 9.17) is 18.9 Å². The van der Waals surface area contributed by atoms with E-state index in [1.54, 1.807) is 6.07 Å². The van der Waals surface area contributed by atoms with Crippen molar-refractivity contribution in [3.05, 3.63) is 157 Å². The third-order valence-electron chi connectivity index (χ3n) is 9.07. The Morgan fingerprint density at radius 3 is 1.71 bits per heavy atom. The van der Waals surface area contributed by atoms with Gasteiger partial charge in [-0.25, -0.2) is 9.59 Å². The number of carbonyl (C=O) groups excluding carboxylic acids is 2. The standard InChI is InChI=1S/C43H34O8/c1-3-39(46)50-38-18-17-36-35-7-5-6-8-37(35)43(41(36)42(38)51-40(47)4-2,31-13-9-29-25-33(48-21-19-44)15-11-27(29)23-31)32-14-10-30-26-34(49-22-20-45)16-12-28(30)24-32/h3-18,23-26,44-45H,1-2,19-22H2. The highest BCUT2D eigenvalue weighted by molar-refractivity contribution is 5.96. The third-order valence-corrected chi connectivity index (χ3v) is 9.07. The molecule has 0 fully saturated rings. The Hall–Kier alpha value is -6.22. The van der Waals surface area contributed by atoms with Crippen LogP contribution in [0.15, 0.2) is 135 Å². The minimum Gasteiger partial charge on any atom is -0.491 e. The first kappa shape index (κ1) is 33.3. The highest BCUT2D eigenvalue weighted by Gasteiger charge is 2.49. The molecule has 0 atom stereocenters. The number of hydrogen-bond acceptors (Lipinski definition) is 8. The van der Waals surface area contributed by atoms with E-state index in [1.165, 1.54) is 0 Å². The lowest BCUT2D eigenvalue weighted by Gasteiger charge is -2.35. The molecule has 8 heteroatoms. The molecule has 0 amide bonds. The largest absolute Gasteiger partial charge is 0.491 e. The molecule has 0 aliphatic heterocycles. The van der Waals surface area contributed by atoms with Crippen LogP contribution < -0.4 is 18.9 Å². The maximum atomic E-state index is 13.1. The zero-order valence-corrected chi connectivity index (χ0v) is 27.6. The number of rotatable bonds is 12. The molecule has 254 valence electrons. The van der Waals surface area contributed by atoms with Crippen LogP contribution in [0.5, 0.6) is 23.0 Å². The average Bonchev–Trinajstić information content (AvgIpc) is 3.47. The van der Waals surface area contributed by atoms with Gasteiger partial charge >= 0.3 is 11.9 Å². The van der Waals surface area contributed by atoms with E-state index in [-0.39, 0.29) is 37.9 Å². The normalized spacial score (nSPS) is 12.5. The van der Waals surface area contributed by atoms with Crippen LogP contribution in [-0.4, -0.2) is 48.6 Å². The van der Waals surface area contributed by atoms with Crippen molar-refractivity contribution in [3.63, 3.8) is 0 Å². The highest BCUT2D eigenvalue weighted by atomic mass is 16.6. The topological polar surface area (TPSA) is 112 Å². The second-order valence-corrected chi connectivity index (χ2v) is 12.0. The van der Waals surface area contributed by atoms with Gasteiger partial charge in [0.05, 0.1) is 18.6 Å². The number of carbonyl (C=O) groups is 2. The molecule has 6 aromatic carbocycles. The molecule has 8 nitrogen and oxygen atoms in total. The maximum Gasteiger partial charge on any atom is 0.335 e. The first-order chi connectivity index (χ1) is 24.9. The van der Waals surface area contributed by atoms with E-state index >= 15 is 0 Å². The molecule has 0 unspecified atom stereocenters. The lowest BCUT2D eigenvalue weighted by molar-refractivity contribution is -0.131. The SMILES string of the molecule is C=CC(=O)Oc1ccc2c(c1OC(=O)C=C)C(c1ccc3cc(OCCO)ccc3c1)(c1ccc3cc(OCCO)ccc3c1)c1ccccc1-2. The molecule has 2 N–H and O–H groups in total. The summed E-state index contributed by atoms with van der Waals surface area (Å²) in [5.74, 6) is 0.00161. The minimum atomic E-state index is -1.08. The van der Waals surface area contributed by atoms with Crippen LogP contribution in [0.4, 0.5) is 0 Å². The van der Waals surface area contributed by atoms with E-state index in [0.717, 1.165) is 61.5 Å². The van der Waals surface area contributed by atoms with Gasteiger partial charge in [-0.05, 0) is 91.8 Å². The second kappa shape index (κ2) is 14.0. The summed E-state index contributed by atoms with van der Waals surface area (Å²) in [4.78, 5) is 25.7. The number of ether oxygens (including phenoxy) is 4. The number of aliphatic hydroxyl groups is 2. The number of fused-ring (bicyclic) bond motifs is 5. The Morgan fingerprint density at radius 1 is 0.608 bits per heavy atom. The van der Waals surface area contributed by atoms with Gasteiger partial charge in [-0.2, -0.15) is 0 Å². The predicted octanol–water partition coefficient (Wildman–Crippen LogP) is 7.28. The summed E-state index contributed by atoms with van der Waals surface area (Å²) in [7, 11) is 0. The number of esters is 2. The monoisotopic (exact) mass is 678 g/mol. The molecule has 0 bridgehead atoms. The van der Waals surface area contributed by atoms with Crippen LogP contribution >= 0.6 is 0 Å². The van der Waals surface area contributed by atoms with Crippen molar-refractivity contribution < 1.29 is 38.7 Å². The molecular formula is C43H34O8. The fourth-order valence-electron chi connectivity index (χ4n) is 7.00. The smallest absolute Gasteiger partial charge is 0.335 e. The molecule has 0 spiro atoms. The van der Waals surface area contributed by atoms with E-state index in [1.807, 2.05) is 84.9 Å². The van der Waals surface area contributed by atoms with Gasteiger partial charge in [-0.1, -0.05) is 79.9 Å². The molecule has 51 heavy (non-hydrogen) atoms. The Labute approximate surface area is 294 Å². The zero-order valence-electron chi connectivity index (χ0n) is 27.6. The lowest BCUT2D eigenvalue weighted by Crippen LogP contribution is -2.30. The summed E-state index contributed by atoms with van der Waals surface area (Å²) in [5, 5.41) is 22.3. The maximum absolute atomic E-state index is 13.1. The second-order valence-electron chi connectivity index (χ2n) is 12.0. The van der Waals surface area contributed by atoms with Crippen LogP contribution in [0, 0.1) is 0 Å². The van der Waals surface area contributed by atoms with Crippen molar-refractivity contribution in [2.24, 2.45) is 0 Å². The zero-order chi connectivity index (χ0) is 35.5. The van der Waals surface area contributed by atoms with Crippen LogP contribution in [0.2, 0.25) is 0 Å². The van der Waals surface area contributed by atoms with Gasteiger partial charge in [0.2, 0.25) is 0 Å². The number of hydrogen-bond donors (Lipinski definition) is 2. The fraction of sp³-hybridized carbons (Fsp3) is 0.116. The molecular weight excluding hydrogens is 644 g/mol. The molecule has 0 heterocycles. The molecule has 1 aliphatic carbocycles. The van der Waals surface area contributed by atoms with Gasteiger partial charge in [0.25, 0.3) is 0 Å². The van der Waals surface area contributed by atoms with Crippen molar-refractivity contribution in [3.8, 4) is 34.1 Å².